The summed E-state index contributed by atoms with van der Waals surface area (Å²) >= 11 is 0. The number of azide groups is 1. The van der Waals surface area contributed by atoms with Crippen LogP contribution in [0.15, 0.2) is 23.3 Å². The number of nitro groups is 2. The Hall–Kier alpha value is -2.87. The number of non-ortho nitro benzene ring substituents is 1. The van der Waals surface area contributed by atoms with Gasteiger partial charge in [0.2, 0.25) is 0 Å². The van der Waals surface area contributed by atoms with E-state index in [0.717, 1.165) is 57.4 Å². The largest absolute Gasteiger partial charge is 0.487 e. The Kier molecular flexibility index (Phi) is 10.2. The molecule has 1 aromatic rings. The van der Waals surface area contributed by atoms with E-state index in [0.29, 0.717) is 13.2 Å². The summed E-state index contributed by atoms with van der Waals surface area (Å²) in [6.07, 6.45) is 8.13. The van der Waals surface area contributed by atoms with Crippen LogP contribution in [-0.2, 0) is 0 Å². The minimum atomic E-state index is -0.676. The summed E-state index contributed by atoms with van der Waals surface area (Å²) in [6, 6.07) is 3.38. The van der Waals surface area contributed by atoms with E-state index in [2.05, 4.69) is 10.0 Å². The van der Waals surface area contributed by atoms with Gasteiger partial charge in [-0.25, -0.2) is 0 Å². The molecule has 0 radical (unpaired) electrons. The lowest BCUT2D eigenvalue weighted by Gasteiger charge is -2.06. The van der Waals surface area contributed by atoms with Crippen LogP contribution in [0.1, 0.15) is 51.4 Å². The minimum Gasteiger partial charge on any atom is -0.487 e. The molecule has 0 unspecified atom stereocenters. The van der Waals surface area contributed by atoms with Gasteiger partial charge in [-0.15, -0.1) is 0 Å². The van der Waals surface area contributed by atoms with Crippen LogP contribution < -0.4 is 4.74 Å². The third-order valence-electron chi connectivity index (χ3n) is 3.82. The van der Waals surface area contributed by atoms with Gasteiger partial charge in [-0.3, -0.25) is 20.2 Å². The van der Waals surface area contributed by atoms with Gasteiger partial charge in [0, 0.05) is 17.5 Å². The van der Waals surface area contributed by atoms with Crippen LogP contribution in [0.5, 0.6) is 5.75 Å². The van der Waals surface area contributed by atoms with Gasteiger partial charge in [0.1, 0.15) is 0 Å². The topological polar surface area (TPSA) is 144 Å². The Morgan fingerprint density at radius 1 is 0.962 bits per heavy atom. The number of ether oxygens (including phenoxy) is 1. The number of benzene rings is 1. The maximum Gasteiger partial charge on any atom is 0.317 e. The second-order valence-electron chi connectivity index (χ2n) is 5.80. The molecule has 0 aliphatic rings. The molecule has 0 aliphatic carbocycles. The van der Waals surface area contributed by atoms with Crippen molar-refractivity contribution < 1.29 is 14.6 Å². The van der Waals surface area contributed by atoms with Crippen LogP contribution in [-0.4, -0.2) is 23.0 Å². The van der Waals surface area contributed by atoms with E-state index >= 15 is 0 Å². The van der Waals surface area contributed by atoms with E-state index in [9.17, 15) is 20.2 Å². The van der Waals surface area contributed by atoms with E-state index < -0.39 is 9.85 Å². The van der Waals surface area contributed by atoms with Gasteiger partial charge in [0.15, 0.2) is 5.75 Å². The van der Waals surface area contributed by atoms with Crippen molar-refractivity contribution >= 4 is 11.4 Å². The van der Waals surface area contributed by atoms with Gasteiger partial charge in [0.25, 0.3) is 5.69 Å². The summed E-state index contributed by atoms with van der Waals surface area (Å²) in [5, 5.41) is 25.2. The zero-order chi connectivity index (χ0) is 19.2. The molecular formula is C16H23N5O5. The van der Waals surface area contributed by atoms with Gasteiger partial charge >= 0.3 is 5.69 Å². The summed E-state index contributed by atoms with van der Waals surface area (Å²) in [4.78, 5) is 23.0. The van der Waals surface area contributed by atoms with Gasteiger partial charge in [-0.05, 0) is 24.4 Å². The minimum absolute atomic E-state index is 0.0561. The monoisotopic (exact) mass is 365 g/mol. The van der Waals surface area contributed by atoms with Crippen molar-refractivity contribution in [1.82, 2.24) is 0 Å². The fourth-order valence-electron chi connectivity index (χ4n) is 2.46. The first kappa shape index (κ1) is 21.2. The highest BCUT2D eigenvalue weighted by atomic mass is 16.6. The Bertz CT molecular complexity index is 646. The first-order valence-electron chi connectivity index (χ1n) is 8.62. The van der Waals surface area contributed by atoms with E-state index in [1.165, 1.54) is 12.1 Å². The molecule has 26 heavy (non-hydrogen) atoms. The van der Waals surface area contributed by atoms with Crippen molar-refractivity contribution in [1.29, 1.82) is 0 Å². The average molecular weight is 365 g/mol. The first-order valence-corrected chi connectivity index (χ1v) is 8.62. The highest BCUT2D eigenvalue weighted by molar-refractivity contribution is 5.53. The first-order chi connectivity index (χ1) is 12.6. The molecule has 10 nitrogen and oxygen atoms in total. The molecule has 0 spiro atoms. The average Bonchev–Trinajstić information content (AvgIpc) is 2.62. The molecule has 0 saturated heterocycles. The van der Waals surface area contributed by atoms with Crippen LogP contribution >= 0.6 is 0 Å². The zero-order valence-corrected chi connectivity index (χ0v) is 14.6. The highest BCUT2D eigenvalue weighted by Crippen LogP contribution is 2.31. The molecule has 0 saturated carbocycles. The van der Waals surface area contributed by atoms with Crippen molar-refractivity contribution in [2.24, 2.45) is 5.11 Å². The third kappa shape index (κ3) is 8.29. The molecule has 0 aromatic heterocycles. The number of hydrogen-bond donors (Lipinski definition) is 0. The fourth-order valence-corrected chi connectivity index (χ4v) is 2.46. The molecule has 0 N–H and O–H groups in total. The molecule has 0 fully saturated rings. The lowest BCUT2D eigenvalue weighted by molar-refractivity contribution is -0.394. The molecule has 0 atom stereocenters. The van der Waals surface area contributed by atoms with Gasteiger partial charge in [-0.1, -0.05) is 43.6 Å². The summed E-state index contributed by atoms with van der Waals surface area (Å²) < 4.78 is 5.41. The van der Waals surface area contributed by atoms with Gasteiger partial charge < -0.3 is 4.74 Å². The quantitative estimate of drug-likeness (QED) is 0.109. The maximum atomic E-state index is 11.0. The molecule has 142 valence electrons. The van der Waals surface area contributed by atoms with Crippen LogP contribution in [0.2, 0.25) is 0 Å². The predicted molar refractivity (Wildman–Crippen MR) is 96.2 cm³/mol. The molecule has 1 aromatic carbocycles. The molecular weight excluding hydrogens is 342 g/mol. The number of rotatable bonds is 14. The van der Waals surface area contributed by atoms with Crippen LogP contribution in [0.3, 0.4) is 0 Å². The normalized spacial score (nSPS) is 10.2. The van der Waals surface area contributed by atoms with Crippen molar-refractivity contribution in [3.8, 4) is 5.75 Å². The molecule has 0 aliphatic heterocycles. The Balaban J connectivity index is 2.19. The summed E-state index contributed by atoms with van der Waals surface area (Å²) in [6.45, 7) is 0.896. The summed E-state index contributed by atoms with van der Waals surface area (Å²) in [5.74, 6) is 0.0561. The summed E-state index contributed by atoms with van der Waals surface area (Å²) in [7, 11) is 0. The highest BCUT2D eigenvalue weighted by Gasteiger charge is 2.20. The number of nitro benzene ring substituents is 2. The smallest absolute Gasteiger partial charge is 0.317 e. The van der Waals surface area contributed by atoms with Gasteiger partial charge in [0.05, 0.1) is 22.5 Å². The summed E-state index contributed by atoms with van der Waals surface area (Å²) in [5.41, 5.74) is 7.43. The Morgan fingerprint density at radius 2 is 1.58 bits per heavy atom. The van der Waals surface area contributed by atoms with Crippen molar-refractivity contribution in [3.63, 3.8) is 0 Å². The van der Waals surface area contributed by atoms with E-state index in [1.807, 2.05) is 0 Å². The van der Waals surface area contributed by atoms with Gasteiger partial charge in [-0.2, -0.15) is 0 Å². The van der Waals surface area contributed by atoms with E-state index in [4.69, 9.17) is 10.3 Å². The lowest BCUT2D eigenvalue weighted by atomic mass is 10.1. The standard InChI is InChI=1S/C16H23N5O5/c17-19-18-11-7-5-3-1-2-4-6-8-12-26-16-10-9-14(20(22)23)13-15(16)21(24)25/h9-10,13H,1-8,11-12H2. The fraction of sp³-hybridized carbons (Fsp3) is 0.625. The number of nitrogens with zero attached hydrogens (tertiary/aromatic N) is 5. The van der Waals surface area contributed by atoms with Crippen LogP contribution in [0.4, 0.5) is 11.4 Å². The van der Waals surface area contributed by atoms with Crippen LogP contribution in [0, 0.1) is 20.2 Å². The third-order valence-corrected chi connectivity index (χ3v) is 3.82. The maximum absolute atomic E-state index is 11.0. The second-order valence-corrected chi connectivity index (χ2v) is 5.80. The Labute approximate surface area is 151 Å². The number of unbranched alkanes of at least 4 members (excludes halogenated alkanes) is 7. The van der Waals surface area contributed by atoms with Crippen molar-refractivity contribution in [2.75, 3.05) is 13.2 Å². The molecule has 1 rings (SSSR count). The van der Waals surface area contributed by atoms with Crippen molar-refractivity contribution in [3.05, 3.63) is 48.9 Å². The number of hydrogen-bond acceptors (Lipinski definition) is 6. The Morgan fingerprint density at radius 3 is 2.15 bits per heavy atom. The molecule has 0 amide bonds. The van der Waals surface area contributed by atoms with E-state index in [-0.39, 0.29) is 17.1 Å². The molecule has 10 heteroatoms. The van der Waals surface area contributed by atoms with Crippen molar-refractivity contribution in [2.45, 2.75) is 51.4 Å². The second kappa shape index (κ2) is 12.5. The SMILES string of the molecule is [N-]=[N+]=NCCCCCCCCCCOc1ccc([N+](=O)[O-])cc1[N+](=O)[O-]. The lowest BCUT2D eigenvalue weighted by Crippen LogP contribution is -2.01. The molecule has 0 bridgehead atoms. The molecule has 0 heterocycles. The zero-order valence-electron chi connectivity index (χ0n) is 14.6. The van der Waals surface area contributed by atoms with E-state index in [1.54, 1.807) is 0 Å². The predicted octanol–water partition coefficient (Wildman–Crippen LogP) is 5.31. The van der Waals surface area contributed by atoms with Crippen LogP contribution in [0.25, 0.3) is 10.4 Å².